The number of hydrogen-bond acceptors (Lipinski definition) is 5. The van der Waals surface area contributed by atoms with Crippen LogP contribution < -0.4 is 20.1 Å². The van der Waals surface area contributed by atoms with Gasteiger partial charge in [0.1, 0.15) is 6.33 Å². The van der Waals surface area contributed by atoms with Gasteiger partial charge in [0.15, 0.2) is 23.3 Å². The van der Waals surface area contributed by atoms with Crippen LogP contribution in [0.4, 0.5) is 0 Å². The Bertz CT molecular complexity index is 961. The molecule has 0 saturated carbocycles. The molecule has 0 atom stereocenters. The summed E-state index contributed by atoms with van der Waals surface area (Å²) < 4.78 is 12.7. The zero-order chi connectivity index (χ0) is 19.2. The van der Waals surface area contributed by atoms with Gasteiger partial charge in [-0.1, -0.05) is 24.3 Å². The molecule has 2 N–H and O–H groups in total. The van der Waals surface area contributed by atoms with Crippen molar-refractivity contribution in [2.75, 3.05) is 13.3 Å². The van der Waals surface area contributed by atoms with Crippen LogP contribution in [0.25, 0.3) is 5.69 Å². The maximum Gasteiger partial charge on any atom is 0.231 e. The smallest absolute Gasteiger partial charge is 0.231 e. The number of aromatic nitrogens is 3. The lowest BCUT2D eigenvalue weighted by molar-refractivity contribution is 0.174. The van der Waals surface area contributed by atoms with Crippen molar-refractivity contribution < 1.29 is 9.47 Å². The second-order valence-corrected chi connectivity index (χ2v) is 6.19. The Hall–Kier alpha value is -2.82. The van der Waals surface area contributed by atoms with Crippen molar-refractivity contribution in [3.8, 4) is 17.2 Å². The van der Waals surface area contributed by atoms with E-state index in [0.717, 1.165) is 35.1 Å². The molecule has 0 aliphatic carbocycles. The minimum atomic E-state index is 0. The lowest BCUT2D eigenvalue weighted by atomic mass is 10.2. The van der Waals surface area contributed by atoms with Crippen molar-refractivity contribution in [1.29, 1.82) is 0 Å². The fourth-order valence-corrected chi connectivity index (χ4v) is 2.90. The molecule has 1 aromatic heterocycles. The second-order valence-electron chi connectivity index (χ2n) is 6.19. The van der Waals surface area contributed by atoms with Gasteiger partial charge in [0.05, 0.1) is 13.1 Å². The molecule has 0 radical (unpaired) electrons. The number of guanidine groups is 1. The average molecular weight is 506 g/mol. The third-order valence-electron chi connectivity index (χ3n) is 4.27. The summed E-state index contributed by atoms with van der Waals surface area (Å²) in [6.07, 6.45) is 1.71. The molecule has 0 bridgehead atoms. The molecule has 3 aromatic rings. The lowest BCUT2D eigenvalue weighted by Gasteiger charge is -2.12. The van der Waals surface area contributed by atoms with Gasteiger partial charge in [-0.2, -0.15) is 0 Å². The molecule has 2 aromatic carbocycles. The number of rotatable bonds is 6. The monoisotopic (exact) mass is 506 g/mol. The fourth-order valence-electron chi connectivity index (χ4n) is 2.90. The van der Waals surface area contributed by atoms with E-state index in [1.54, 1.807) is 6.33 Å². The van der Waals surface area contributed by atoms with Gasteiger partial charge in [0, 0.05) is 12.2 Å². The molecular weight excluding hydrogens is 483 g/mol. The SMILES string of the molecule is CCNC(=NCc1ccc2c(c1)OCO2)NCc1nncn1-c1ccccc1.I. The van der Waals surface area contributed by atoms with Gasteiger partial charge in [-0.05, 0) is 36.8 Å². The number of ether oxygens (including phenoxy) is 2. The number of fused-ring (bicyclic) bond motifs is 1. The number of halogens is 1. The van der Waals surface area contributed by atoms with E-state index in [-0.39, 0.29) is 30.8 Å². The van der Waals surface area contributed by atoms with E-state index in [1.807, 2.05) is 60.0 Å². The molecule has 4 rings (SSSR count). The summed E-state index contributed by atoms with van der Waals surface area (Å²) in [5.74, 6) is 3.06. The van der Waals surface area contributed by atoms with Crippen molar-refractivity contribution in [3.63, 3.8) is 0 Å². The summed E-state index contributed by atoms with van der Waals surface area (Å²) in [6.45, 7) is 4.09. The van der Waals surface area contributed by atoms with E-state index in [9.17, 15) is 0 Å². The van der Waals surface area contributed by atoms with Crippen molar-refractivity contribution in [2.24, 2.45) is 4.99 Å². The molecule has 9 heteroatoms. The van der Waals surface area contributed by atoms with Gasteiger partial charge >= 0.3 is 0 Å². The lowest BCUT2D eigenvalue weighted by Crippen LogP contribution is -2.37. The first-order valence-electron chi connectivity index (χ1n) is 9.18. The van der Waals surface area contributed by atoms with Gasteiger partial charge in [0.2, 0.25) is 6.79 Å². The Kier molecular flexibility index (Phi) is 7.28. The predicted octanol–water partition coefficient (Wildman–Crippen LogP) is 2.87. The molecule has 0 amide bonds. The van der Waals surface area contributed by atoms with E-state index in [0.29, 0.717) is 19.0 Å². The Morgan fingerprint density at radius 1 is 1.10 bits per heavy atom. The first-order chi connectivity index (χ1) is 13.8. The number of hydrogen-bond donors (Lipinski definition) is 2. The van der Waals surface area contributed by atoms with Crippen molar-refractivity contribution >= 4 is 29.9 Å². The Morgan fingerprint density at radius 2 is 1.93 bits per heavy atom. The van der Waals surface area contributed by atoms with E-state index in [2.05, 4.69) is 25.8 Å². The minimum Gasteiger partial charge on any atom is -0.454 e. The number of nitrogens with one attached hydrogen (secondary N) is 2. The molecule has 0 spiro atoms. The third-order valence-corrected chi connectivity index (χ3v) is 4.27. The summed E-state index contributed by atoms with van der Waals surface area (Å²) in [6, 6.07) is 15.9. The molecule has 0 unspecified atom stereocenters. The Labute approximate surface area is 186 Å². The van der Waals surface area contributed by atoms with Crippen LogP contribution in [0.15, 0.2) is 59.9 Å². The Morgan fingerprint density at radius 3 is 2.76 bits per heavy atom. The number of para-hydroxylation sites is 1. The highest BCUT2D eigenvalue weighted by Gasteiger charge is 2.13. The maximum absolute atomic E-state index is 5.43. The van der Waals surface area contributed by atoms with E-state index in [1.165, 1.54) is 0 Å². The molecule has 2 heterocycles. The van der Waals surface area contributed by atoms with Crippen LogP contribution in [-0.2, 0) is 13.1 Å². The normalized spacial score (nSPS) is 12.4. The number of aliphatic imine (C=N–C) groups is 1. The molecule has 29 heavy (non-hydrogen) atoms. The zero-order valence-corrected chi connectivity index (χ0v) is 18.4. The summed E-state index contributed by atoms with van der Waals surface area (Å²) >= 11 is 0. The average Bonchev–Trinajstić information content (AvgIpc) is 3.39. The molecule has 1 aliphatic heterocycles. The molecule has 1 aliphatic rings. The zero-order valence-electron chi connectivity index (χ0n) is 16.0. The van der Waals surface area contributed by atoms with E-state index < -0.39 is 0 Å². The number of nitrogens with zero attached hydrogens (tertiary/aromatic N) is 4. The standard InChI is InChI=1S/C20H22N6O2.HI/c1-2-21-20(22-11-15-8-9-17-18(10-15)28-14-27-17)23-12-19-25-24-13-26(19)16-6-4-3-5-7-16;/h3-10,13H,2,11-12,14H2,1H3,(H2,21,22,23);1H. The second kappa shape index (κ2) is 10.1. The largest absolute Gasteiger partial charge is 0.454 e. The van der Waals surface area contributed by atoms with Crippen LogP contribution in [-0.4, -0.2) is 34.1 Å². The predicted molar refractivity (Wildman–Crippen MR) is 121 cm³/mol. The van der Waals surface area contributed by atoms with E-state index >= 15 is 0 Å². The first-order valence-corrected chi connectivity index (χ1v) is 9.18. The van der Waals surface area contributed by atoms with Crippen molar-refractivity contribution in [1.82, 2.24) is 25.4 Å². The van der Waals surface area contributed by atoms with Crippen LogP contribution in [0.3, 0.4) is 0 Å². The fraction of sp³-hybridized carbons (Fsp3) is 0.250. The third kappa shape index (κ3) is 5.17. The summed E-state index contributed by atoms with van der Waals surface area (Å²) in [5.41, 5.74) is 2.07. The minimum absolute atomic E-state index is 0. The molecule has 8 nitrogen and oxygen atoms in total. The van der Waals surface area contributed by atoms with E-state index in [4.69, 9.17) is 9.47 Å². The highest BCUT2D eigenvalue weighted by molar-refractivity contribution is 14.0. The molecule has 0 saturated heterocycles. The first kappa shape index (κ1) is 20.9. The van der Waals surface area contributed by atoms with Crippen LogP contribution in [0.5, 0.6) is 11.5 Å². The Balaban J connectivity index is 0.00000240. The maximum atomic E-state index is 5.43. The highest BCUT2D eigenvalue weighted by Crippen LogP contribution is 2.32. The molecule has 0 fully saturated rings. The number of benzene rings is 2. The van der Waals surface area contributed by atoms with Gasteiger partial charge in [0.25, 0.3) is 0 Å². The summed E-state index contributed by atoms with van der Waals surface area (Å²) in [4.78, 5) is 4.65. The van der Waals surface area contributed by atoms with Gasteiger partial charge in [-0.15, -0.1) is 34.2 Å². The quantitative estimate of drug-likeness (QED) is 0.304. The van der Waals surface area contributed by atoms with Gasteiger partial charge in [-0.25, -0.2) is 4.99 Å². The van der Waals surface area contributed by atoms with Gasteiger partial charge < -0.3 is 20.1 Å². The molecule has 152 valence electrons. The topological polar surface area (TPSA) is 85.6 Å². The van der Waals surface area contributed by atoms with Crippen LogP contribution >= 0.6 is 24.0 Å². The summed E-state index contributed by atoms with van der Waals surface area (Å²) in [5, 5.41) is 14.8. The van der Waals surface area contributed by atoms with Crippen LogP contribution in [0, 0.1) is 0 Å². The molecular formula is C20H23IN6O2. The van der Waals surface area contributed by atoms with Crippen molar-refractivity contribution in [2.45, 2.75) is 20.0 Å². The van der Waals surface area contributed by atoms with Crippen molar-refractivity contribution in [3.05, 3.63) is 66.2 Å². The van der Waals surface area contributed by atoms with Crippen LogP contribution in [0.1, 0.15) is 18.3 Å². The van der Waals surface area contributed by atoms with Crippen LogP contribution in [0.2, 0.25) is 0 Å². The highest BCUT2D eigenvalue weighted by atomic mass is 127. The summed E-state index contributed by atoms with van der Waals surface area (Å²) in [7, 11) is 0. The van der Waals surface area contributed by atoms with Gasteiger partial charge in [-0.3, -0.25) is 4.57 Å².